The van der Waals surface area contributed by atoms with Crippen molar-refractivity contribution >= 4 is 0 Å². The second kappa shape index (κ2) is 4.21. The van der Waals surface area contributed by atoms with Crippen molar-refractivity contribution in [3.05, 3.63) is 47.2 Å². The van der Waals surface area contributed by atoms with Crippen LogP contribution in [0.15, 0.2) is 35.6 Å². The molecular formula is C9H8F2N4O. The number of halogens is 2. The van der Waals surface area contributed by atoms with Gasteiger partial charge in [-0.1, -0.05) is 0 Å². The van der Waals surface area contributed by atoms with Crippen LogP contribution in [0.1, 0.15) is 12.4 Å². The van der Waals surface area contributed by atoms with Gasteiger partial charge in [-0.15, -0.1) is 0 Å². The molecule has 0 unspecified atom stereocenters. The molecule has 0 aliphatic heterocycles. The van der Waals surface area contributed by atoms with Gasteiger partial charge in [0.15, 0.2) is 0 Å². The molecule has 7 heteroatoms. The number of aromatic nitrogens is 4. The monoisotopic (exact) mass is 226 g/mol. The molecular weight excluding hydrogens is 218 g/mol. The molecule has 0 amide bonds. The van der Waals surface area contributed by atoms with Crippen LogP contribution in [0.5, 0.6) is 0 Å². The molecule has 0 saturated heterocycles. The van der Waals surface area contributed by atoms with Gasteiger partial charge in [0.05, 0.1) is 6.54 Å². The van der Waals surface area contributed by atoms with Crippen LogP contribution in [0.2, 0.25) is 0 Å². The summed E-state index contributed by atoms with van der Waals surface area (Å²) in [6.07, 6.45) is 5.25. The van der Waals surface area contributed by atoms with Gasteiger partial charge in [0.25, 0.3) is 0 Å². The summed E-state index contributed by atoms with van der Waals surface area (Å²) >= 11 is 0. The lowest BCUT2D eigenvalue weighted by molar-refractivity contribution is 0.0666. The summed E-state index contributed by atoms with van der Waals surface area (Å²) < 4.78 is 26.9. The zero-order valence-electron chi connectivity index (χ0n) is 8.12. The van der Waals surface area contributed by atoms with Crippen molar-refractivity contribution in [1.29, 1.82) is 0 Å². The zero-order chi connectivity index (χ0) is 11.5. The van der Waals surface area contributed by atoms with Crippen molar-refractivity contribution in [1.82, 2.24) is 19.1 Å². The first kappa shape index (κ1) is 10.5. The van der Waals surface area contributed by atoms with Crippen molar-refractivity contribution in [3.8, 4) is 0 Å². The molecule has 2 rings (SSSR count). The van der Waals surface area contributed by atoms with Gasteiger partial charge < -0.3 is 0 Å². The summed E-state index contributed by atoms with van der Waals surface area (Å²) in [6, 6.07) is 1.55. The van der Waals surface area contributed by atoms with E-state index in [-0.39, 0.29) is 12.4 Å². The Morgan fingerprint density at radius 2 is 2.06 bits per heavy atom. The van der Waals surface area contributed by atoms with Crippen molar-refractivity contribution in [2.24, 2.45) is 0 Å². The second-order valence-electron chi connectivity index (χ2n) is 3.06. The number of nitrogens with zero attached hydrogens (tertiary/aromatic N) is 4. The van der Waals surface area contributed by atoms with E-state index < -0.39 is 12.2 Å². The fraction of sp³-hybridized carbons (Fsp3) is 0.222. The van der Waals surface area contributed by atoms with Crippen molar-refractivity contribution in [2.45, 2.75) is 13.1 Å². The summed E-state index contributed by atoms with van der Waals surface area (Å²) in [4.78, 5) is 18.5. The Labute approximate surface area is 89.0 Å². The summed E-state index contributed by atoms with van der Waals surface area (Å²) in [7, 11) is 0. The van der Waals surface area contributed by atoms with Crippen LogP contribution in [0.4, 0.5) is 8.78 Å². The van der Waals surface area contributed by atoms with Gasteiger partial charge in [0.1, 0.15) is 5.82 Å². The van der Waals surface area contributed by atoms with E-state index in [1.807, 2.05) is 0 Å². The Morgan fingerprint density at radius 3 is 2.75 bits per heavy atom. The Morgan fingerprint density at radius 1 is 1.25 bits per heavy atom. The molecule has 0 atom stereocenters. The molecule has 0 spiro atoms. The number of hydrogen-bond donors (Lipinski definition) is 0. The average Bonchev–Trinajstić information content (AvgIpc) is 2.69. The number of alkyl halides is 2. The number of rotatable bonds is 3. The van der Waals surface area contributed by atoms with Gasteiger partial charge in [0.2, 0.25) is 0 Å². The van der Waals surface area contributed by atoms with Gasteiger partial charge >= 0.3 is 12.2 Å². The SMILES string of the molecule is O=c1ncccn1Cc1nccn1C(F)F. The predicted octanol–water partition coefficient (Wildman–Crippen LogP) is 0.883. The van der Waals surface area contributed by atoms with E-state index in [9.17, 15) is 13.6 Å². The van der Waals surface area contributed by atoms with Crippen LogP contribution >= 0.6 is 0 Å². The van der Waals surface area contributed by atoms with Crippen LogP contribution in [0.3, 0.4) is 0 Å². The third-order valence-electron chi connectivity index (χ3n) is 2.05. The molecule has 16 heavy (non-hydrogen) atoms. The summed E-state index contributed by atoms with van der Waals surface area (Å²) in [5.41, 5.74) is -0.494. The van der Waals surface area contributed by atoms with Gasteiger partial charge in [0, 0.05) is 24.8 Å². The number of hydrogen-bond acceptors (Lipinski definition) is 3. The molecule has 2 aromatic rings. The minimum Gasteiger partial charge on any atom is -0.292 e. The fourth-order valence-electron chi connectivity index (χ4n) is 1.30. The van der Waals surface area contributed by atoms with E-state index >= 15 is 0 Å². The quantitative estimate of drug-likeness (QED) is 0.780. The summed E-state index contributed by atoms with van der Waals surface area (Å²) in [5, 5.41) is 0. The van der Waals surface area contributed by atoms with Gasteiger partial charge in [-0.05, 0) is 6.07 Å². The molecule has 84 valence electrons. The highest BCUT2D eigenvalue weighted by atomic mass is 19.3. The minimum atomic E-state index is -2.66. The second-order valence-corrected chi connectivity index (χ2v) is 3.06. The number of imidazole rings is 1. The molecule has 0 bridgehead atoms. The van der Waals surface area contributed by atoms with Crippen molar-refractivity contribution < 1.29 is 8.78 Å². The lowest BCUT2D eigenvalue weighted by Crippen LogP contribution is -2.23. The van der Waals surface area contributed by atoms with Crippen molar-refractivity contribution in [2.75, 3.05) is 0 Å². The zero-order valence-corrected chi connectivity index (χ0v) is 8.12. The molecule has 2 aromatic heterocycles. The fourth-order valence-corrected chi connectivity index (χ4v) is 1.30. The first-order valence-corrected chi connectivity index (χ1v) is 4.50. The maximum absolute atomic E-state index is 12.5. The van der Waals surface area contributed by atoms with Crippen molar-refractivity contribution in [3.63, 3.8) is 0 Å². The Hall–Kier alpha value is -2.05. The van der Waals surface area contributed by atoms with Crippen LogP contribution in [0, 0.1) is 0 Å². The molecule has 0 aliphatic carbocycles. The van der Waals surface area contributed by atoms with E-state index in [1.165, 1.54) is 29.4 Å². The van der Waals surface area contributed by atoms with Gasteiger partial charge in [-0.3, -0.25) is 9.13 Å². The highest BCUT2D eigenvalue weighted by Crippen LogP contribution is 2.12. The standard InChI is InChI=1S/C9H8F2N4O/c10-8(11)15-5-3-12-7(15)6-14-4-1-2-13-9(14)16/h1-5,8H,6H2. The summed E-state index contributed by atoms with van der Waals surface area (Å²) in [5.74, 6) is 0.116. The predicted molar refractivity (Wildman–Crippen MR) is 51.1 cm³/mol. The molecule has 0 radical (unpaired) electrons. The Kier molecular flexibility index (Phi) is 2.76. The van der Waals surface area contributed by atoms with Crippen LogP contribution in [0.25, 0.3) is 0 Å². The maximum Gasteiger partial charge on any atom is 0.347 e. The molecule has 0 aliphatic rings. The molecule has 2 heterocycles. The van der Waals surface area contributed by atoms with Gasteiger partial charge in [-0.25, -0.2) is 14.8 Å². The van der Waals surface area contributed by atoms with E-state index in [0.717, 1.165) is 0 Å². The van der Waals surface area contributed by atoms with E-state index in [4.69, 9.17) is 0 Å². The molecule has 0 aromatic carbocycles. The molecule has 0 saturated carbocycles. The normalized spacial score (nSPS) is 10.9. The lowest BCUT2D eigenvalue weighted by atomic mass is 10.5. The highest BCUT2D eigenvalue weighted by Gasteiger charge is 2.11. The minimum absolute atomic E-state index is 0.0238. The Balaban J connectivity index is 2.31. The van der Waals surface area contributed by atoms with Crippen LogP contribution in [-0.2, 0) is 6.54 Å². The van der Waals surface area contributed by atoms with E-state index in [1.54, 1.807) is 6.07 Å². The third kappa shape index (κ3) is 1.97. The third-order valence-corrected chi connectivity index (χ3v) is 2.05. The largest absolute Gasteiger partial charge is 0.347 e. The average molecular weight is 226 g/mol. The molecule has 5 nitrogen and oxygen atoms in total. The van der Waals surface area contributed by atoms with Crippen LogP contribution in [-0.4, -0.2) is 19.1 Å². The van der Waals surface area contributed by atoms with E-state index in [2.05, 4.69) is 9.97 Å². The van der Waals surface area contributed by atoms with Crippen LogP contribution < -0.4 is 5.69 Å². The summed E-state index contributed by atoms with van der Waals surface area (Å²) in [6.45, 7) is -2.69. The highest BCUT2D eigenvalue weighted by molar-refractivity contribution is 4.95. The van der Waals surface area contributed by atoms with E-state index in [0.29, 0.717) is 4.57 Å². The first-order valence-electron chi connectivity index (χ1n) is 4.50. The first-order chi connectivity index (χ1) is 7.68. The lowest BCUT2D eigenvalue weighted by Gasteiger charge is -2.07. The van der Waals surface area contributed by atoms with Gasteiger partial charge in [-0.2, -0.15) is 8.78 Å². The maximum atomic E-state index is 12.5. The smallest absolute Gasteiger partial charge is 0.292 e. The molecule has 0 fully saturated rings. The molecule has 0 N–H and O–H groups in total. The Bertz CT molecular complexity index is 534. The topological polar surface area (TPSA) is 52.7 Å².